The third-order valence-electron chi connectivity index (χ3n) is 1.56. The number of fused-ring (bicyclic) bond motifs is 1. The maximum atomic E-state index is 10.2. The first-order valence-corrected chi connectivity index (χ1v) is 3.21. The second kappa shape index (κ2) is 2.20. The molecule has 0 aliphatic heterocycles. The fourth-order valence-electron chi connectivity index (χ4n) is 1.00. The van der Waals surface area contributed by atoms with E-state index in [-0.39, 0.29) is 0 Å². The van der Waals surface area contributed by atoms with Gasteiger partial charge in [0.2, 0.25) is 6.29 Å². The van der Waals surface area contributed by atoms with E-state index in [1.54, 1.807) is 18.3 Å². The number of benzene rings is 1. The number of H-pyrrole nitrogens is 1. The van der Waals surface area contributed by atoms with Gasteiger partial charge in [-0.3, -0.25) is 9.89 Å². The lowest BCUT2D eigenvalue weighted by Gasteiger charge is -1.87. The number of rotatable bonds is 1. The van der Waals surface area contributed by atoms with Crippen molar-refractivity contribution in [1.82, 2.24) is 10.2 Å². The topological polar surface area (TPSA) is 45.8 Å². The second-order valence-electron chi connectivity index (χ2n) is 2.27. The van der Waals surface area contributed by atoms with Gasteiger partial charge in [-0.25, -0.2) is 0 Å². The monoisotopic (exact) mass is 145 g/mol. The lowest BCUT2D eigenvalue weighted by atomic mass is 10.2. The van der Waals surface area contributed by atoms with Crippen molar-refractivity contribution < 1.29 is 4.79 Å². The Balaban J connectivity index is 2.76. The van der Waals surface area contributed by atoms with E-state index in [9.17, 15) is 4.79 Å². The Bertz CT molecular complexity index is 392. The first-order chi connectivity index (χ1) is 5.40. The number of aromatic nitrogens is 2. The second-order valence-corrected chi connectivity index (χ2v) is 2.27. The highest BCUT2D eigenvalue weighted by molar-refractivity contribution is 5.86. The quantitative estimate of drug-likeness (QED) is 0.651. The summed E-state index contributed by atoms with van der Waals surface area (Å²) in [4.78, 5) is 10.2. The van der Waals surface area contributed by atoms with E-state index in [0.29, 0.717) is 5.56 Å². The zero-order valence-corrected chi connectivity index (χ0v) is 5.66. The molecule has 0 saturated carbocycles. The van der Waals surface area contributed by atoms with Crippen molar-refractivity contribution in [2.45, 2.75) is 0 Å². The van der Waals surface area contributed by atoms with E-state index in [0.717, 1.165) is 10.9 Å². The number of nitrogens with one attached hydrogen (secondary N) is 1. The first-order valence-electron chi connectivity index (χ1n) is 3.21. The summed E-state index contributed by atoms with van der Waals surface area (Å²) in [6, 6.07) is 5.26. The summed E-state index contributed by atoms with van der Waals surface area (Å²) in [6.45, 7) is 0. The summed E-state index contributed by atoms with van der Waals surface area (Å²) >= 11 is 0. The highest BCUT2D eigenvalue weighted by atomic mass is 16.1. The molecule has 0 aliphatic carbocycles. The van der Waals surface area contributed by atoms with Crippen molar-refractivity contribution >= 4 is 17.2 Å². The summed E-state index contributed by atoms with van der Waals surface area (Å²) in [6.07, 6.45) is 3.52. The van der Waals surface area contributed by atoms with Crippen molar-refractivity contribution in [2.24, 2.45) is 0 Å². The van der Waals surface area contributed by atoms with Crippen LogP contribution >= 0.6 is 0 Å². The van der Waals surface area contributed by atoms with Gasteiger partial charge in [-0.2, -0.15) is 5.10 Å². The highest BCUT2D eigenvalue weighted by Gasteiger charge is 1.95. The van der Waals surface area contributed by atoms with E-state index in [1.807, 2.05) is 12.4 Å². The van der Waals surface area contributed by atoms with Crippen molar-refractivity contribution in [2.75, 3.05) is 0 Å². The van der Waals surface area contributed by atoms with Crippen LogP contribution in [0.2, 0.25) is 0 Å². The minimum atomic E-state index is 0.543. The van der Waals surface area contributed by atoms with Gasteiger partial charge in [-0.15, -0.1) is 0 Å². The molecule has 0 aliphatic rings. The number of hydrogen-bond donors (Lipinski definition) is 1. The van der Waals surface area contributed by atoms with Gasteiger partial charge in [0.15, 0.2) is 0 Å². The SMILES string of the molecule is O=[C]c1ccc2cn[nH]c2c1. The fraction of sp³-hybridized carbons (Fsp3) is 0. The molecule has 0 bridgehead atoms. The average Bonchev–Trinajstić information content (AvgIpc) is 2.50. The van der Waals surface area contributed by atoms with Crippen LogP contribution in [-0.2, 0) is 4.79 Å². The van der Waals surface area contributed by atoms with Gasteiger partial charge in [0.25, 0.3) is 0 Å². The summed E-state index contributed by atoms with van der Waals surface area (Å²) in [5, 5.41) is 7.59. The number of aromatic amines is 1. The number of nitrogens with zero attached hydrogens (tertiary/aromatic N) is 1. The maximum absolute atomic E-state index is 10.2. The predicted molar refractivity (Wildman–Crippen MR) is 40.9 cm³/mol. The van der Waals surface area contributed by atoms with Crippen molar-refractivity contribution in [3.63, 3.8) is 0 Å². The first kappa shape index (κ1) is 6.09. The standard InChI is InChI=1S/C8H5N2O/c11-5-6-1-2-7-4-9-10-8(7)3-6/h1-4H,(H,9,10). The molecule has 0 fully saturated rings. The Morgan fingerprint density at radius 2 is 2.36 bits per heavy atom. The smallest absolute Gasteiger partial charge is 0.233 e. The van der Waals surface area contributed by atoms with Crippen LogP contribution in [-0.4, -0.2) is 16.5 Å². The highest BCUT2D eigenvalue weighted by Crippen LogP contribution is 2.10. The molecule has 0 unspecified atom stereocenters. The van der Waals surface area contributed by atoms with Crippen LogP contribution < -0.4 is 0 Å². The third-order valence-corrected chi connectivity index (χ3v) is 1.56. The minimum Gasteiger partial charge on any atom is -0.285 e. The van der Waals surface area contributed by atoms with Gasteiger partial charge in [0.05, 0.1) is 11.7 Å². The van der Waals surface area contributed by atoms with Crippen LogP contribution in [0.3, 0.4) is 0 Å². The summed E-state index contributed by atoms with van der Waals surface area (Å²) in [7, 11) is 0. The Labute approximate surface area is 63.0 Å². The molecule has 1 N–H and O–H groups in total. The molecule has 0 atom stereocenters. The van der Waals surface area contributed by atoms with E-state index in [4.69, 9.17) is 0 Å². The molecule has 0 amide bonds. The molecule has 1 aromatic heterocycles. The Hall–Kier alpha value is -1.64. The number of hydrogen-bond acceptors (Lipinski definition) is 2. The molecule has 2 aromatic rings. The number of carbonyl (C=O) groups excluding carboxylic acids is 1. The van der Waals surface area contributed by atoms with E-state index in [2.05, 4.69) is 10.2 Å². The van der Waals surface area contributed by atoms with Crippen LogP contribution in [0.25, 0.3) is 10.9 Å². The lowest BCUT2D eigenvalue weighted by Crippen LogP contribution is -1.78. The zero-order chi connectivity index (χ0) is 7.68. The molecule has 11 heavy (non-hydrogen) atoms. The molecule has 2 rings (SSSR count). The van der Waals surface area contributed by atoms with E-state index in [1.165, 1.54) is 0 Å². The van der Waals surface area contributed by atoms with E-state index < -0.39 is 0 Å². The summed E-state index contributed by atoms with van der Waals surface area (Å²) in [5.74, 6) is 0. The molecule has 3 nitrogen and oxygen atoms in total. The fourth-order valence-corrected chi connectivity index (χ4v) is 1.00. The Morgan fingerprint density at radius 1 is 1.45 bits per heavy atom. The van der Waals surface area contributed by atoms with Gasteiger partial charge in [0, 0.05) is 10.9 Å². The lowest BCUT2D eigenvalue weighted by molar-refractivity contribution is 0.563. The predicted octanol–water partition coefficient (Wildman–Crippen LogP) is 1.02. The summed E-state index contributed by atoms with van der Waals surface area (Å²) < 4.78 is 0. The van der Waals surface area contributed by atoms with Crippen molar-refractivity contribution in [3.8, 4) is 0 Å². The molecule has 1 heterocycles. The Morgan fingerprint density at radius 3 is 3.18 bits per heavy atom. The van der Waals surface area contributed by atoms with Crippen LogP contribution in [0.4, 0.5) is 0 Å². The molecule has 3 heteroatoms. The van der Waals surface area contributed by atoms with Gasteiger partial charge in [0.1, 0.15) is 0 Å². The maximum Gasteiger partial charge on any atom is 0.233 e. The molecular weight excluding hydrogens is 140 g/mol. The van der Waals surface area contributed by atoms with E-state index >= 15 is 0 Å². The van der Waals surface area contributed by atoms with Gasteiger partial charge >= 0.3 is 0 Å². The molecular formula is C8H5N2O. The normalized spacial score (nSPS) is 10.2. The van der Waals surface area contributed by atoms with Crippen LogP contribution in [0.1, 0.15) is 5.56 Å². The molecule has 0 spiro atoms. The molecule has 53 valence electrons. The van der Waals surface area contributed by atoms with Gasteiger partial charge < -0.3 is 0 Å². The zero-order valence-electron chi connectivity index (χ0n) is 5.66. The Kier molecular flexibility index (Phi) is 1.22. The van der Waals surface area contributed by atoms with Gasteiger partial charge in [-0.1, -0.05) is 12.1 Å². The third kappa shape index (κ3) is 0.902. The van der Waals surface area contributed by atoms with Crippen LogP contribution in [0, 0.1) is 0 Å². The van der Waals surface area contributed by atoms with Crippen molar-refractivity contribution in [3.05, 3.63) is 30.0 Å². The largest absolute Gasteiger partial charge is 0.285 e. The average molecular weight is 145 g/mol. The van der Waals surface area contributed by atoms with Crippen LogP contribution in [0.5, 0.6) is 0 Å². The molecule has 1 radical (unpaired) electrons. The molecule has 0 saturated heterocycles. The molecule has 1 aromatic carbocycles. The van der Waals surface area contributed by atoms with Crippen LogP contribution in [0.15, 0.2) is 24.4 Å². The minimum absolute atomic E-state index is 0.543. The summed E-state index contributed by atoms with van der Waals surface area (Å²) in [5.41, 5.74) is 1.41. The van der Waals surface area contributed by atoms with Crippen molar-refractivity contribution in [1.29, 1.82) is 0 Å². The van der Waals surface area contributed by atoms with Gasteiger partial charge in [-0.05, 0) is 6.07 Å².